The molecule has 0 unspecified atom stereocenters. The first-order valence-corrected chi connectivity index (χ1v) is 11.7. The number of aromatic nitrogens is 3. The second kappa shape index (κ2) is 8.24. The van der Waals surface area contributed by atoms with Crippen LogP contribution < -0.4 is 4.72 Å². The molecule has 2 heterocycles. The van der Waals surface area contributed by atoms with Crippen molar-refractivity contribution < 1.29 is 8.42 Å². The van der Waals surface area contributed by atoms with Gasteiger partial charge in [-0.25, -0.2) is 18.1 Å². The minimum absolute atomic E-state index is 0.0262. The number of sulfonamides is 1. The molecule has 160 valence electrons. The Balaban J connectivity index is 1.56. The summed E-state index contributed by atoms with van der Waals surface area (Å²) in [6.45, 7) is 7.01. The SMILES string of the molecule is CC(C)(C)c1ccc(S(=O)(=O)NCCn2c(-c3ccncc3)nc3ccccc32)cc1. The highest BCUT2D eigenvalue weighted by Gasteiger charge is 2.18. The Labute approximate surface area is 183 Å². The summed E-state index contributed by atoms with van der Waals surface area (Å²) in [6, 6.07) is 18.7. The number of hydrogen-bond acceptors (Lipinski definition) is 4. The zero-order valence-electron chi connectivity index (χ0n) is 17.9. The lowest BCUT2D eigenvalue weighted by molar-refractivity contribution is 0.572. The Hall–Kier alpha value is -3.03. The first kappa shape index (κ1) is 21.2. The van der Waals surface area contributed by atoms with Gasteiger partial charge >= 0.3 is 0 Å². The second-order valence-electron chi connectivity index (χ2n) is 8.48. The van der Waals surface area contributed by atoms with Crippen LogP contribution in [-0.4, -0.2) is 29.5 Å². The quantitative estimate of drug-likeness (QED) is 0.489. The third kappa shape index (κ3) is 4.52. The monoisotopic (exact) mass is 434 g/mol. The second-order valence-corrected chi connectivity index (χ2v) is 10.3. The Morgan fingerprint density at radius 3 is 2.29 bits per heavy atom. The van der Waals surface area contributed by atoms with E-state index in [1.165, 1.54) is 0 Å². The molecule has 6 nitrogen and oxygen atoms in total. The predicted octanol–water partition coefficient (Wildman–Crippen LogP) is 4.37. The Morgan fingerprint density at radius 2 is 1.61 bits per heavy atom. The van der Waals surface area contributed by atoms with Crippen molar-refractivity contribution in [2.75, 3.05) is 6.54 Å². The van der Waals surface area contributed by atoms with Gasteiger partial charge in [-0.15, -0.1) is 0 Å². The molecule has 0 aliphatic heterocycles. The van der Waals surface area contributed by atoms with Gasteiger partial charge in [0.05, 0.1) is 15.9 Å². The summed E-state index contributed by atoms with van der Waals surface area (Å²) >= 11 is 0. The molecular formula is C24H26N4O2S. The van der Waals surface area contributed by atoms with Gasteiger partial charge in [-0.05, 0) is 47.4 Å². The molecule has 2 aromatic heterocycles. The lowest BCUT2D eigenvalue weighted by atomic mass is 9.87. The van der Waals surface area contributed by atoms with Crippen molar-refractivity contribution >= 4 is 21.1 Å². The molecule has 0 saturated heterocycles. The van der Waals surface area contributed by atoms with Gasteiger partial charge in [0, 0.05) is 31.0 Å². The number of hydrogen-bond donors (Lipinski definition) is 1. The van der Waals surface area contributed by atoms with E-state index in [0.717, 1.165) is 28.0 Å². The highest BCUT2D eigenvalue weighted by molar-refractivity contribution is 7.89. The molecule has 0 spiro atoms. The fourth-order valence-corrected chi connectivity index (χ4v) is 4.55. The molecule has 31 heavy (non-hydrogen) atoms. The fraction of sp³-hybridized carbons (Fsp3) is 0.250. The number of nitrogens with zero attached hydrogens (tertiary/aromatic N) is 3. The van der Waals surface area contributed by atoms with E-state index >= 15 is 0 Å². The van der Waals surface area contributed by atoms with E-state index in [1.807, 2.05) is 53.1 Å². The number of fused-ring (bicyclic) bond motifs is 1. The standard InChI is InChI=1S/C24H26N4O2S/c1-24(2,3)19-8-10-20(11-9-19)31(29,30)26-16-17-28-22-7-5-4-6-21(22)27-23(28)18-12-14-25-15-13-18/h4-15,26H,16-17H2,1-3H3. The maximum atomic E-state index is 12.8. The van der Waals surface area contributed by atoms with Gasteiger partial charge in [-0.2, -0.15) is 0 Å². The molecule has 0 amide bonds. The molecule has 1 N–H and O–H groups in total. The minimum Gasteiger partial charge on any atom is -0.323 e. The van der Waals surface area contributed by atoms with Crippen LogP contribution in [0, 0.1) is 0 Å². The zero-order chi connectivity index (χ0) is 22.1. The number of rotatable bonds is 6. The van der Waals surface area contributed by atoms with Crippen LogP contribution >= 0.6 is 0 Å². The Kier molecular flexibility index (Phi) is 5.64. The molecular weight excluding hydrogens is 408 g/mol. The Morgan fingerprint density at radius 1 is 0.935 bits per heavy atom. The van der Waals surface area contributed by atoms with Gasteiger partial charge in [0.1, 0.15) is 5.82 Å². The molecule has 7 heteroatoms. The molecule has 0 bridgehead atoms. The summed E-state index contributed by atoms with van der Waals surface area (Å²) in [7, 11) is -3.60. The van der Waals surface area contributed by atoms with Gasteiger partial charge in [-0.1, -0.05) is 45.0 Å². The van der Waals surface area contributed by atoms with Gasteiger partial charge in [0.2, 0.25) is 10.0 Å². The van der Waals surface area contributed by atoms with E-state index < -0.39 is 10.0 Å². The van der Waals surface area contributed by atoms with E-state index in [0.29, 0.717) is 6.54 Å². The first-order valence-electron chi connectivity index (χ1n) is 10.2. The summed E-state index contributed by atoms with van der Waals surface area (Å²) in [5.41, 5.74) is 3.84. The number of nitrogens with one attached hydrogen (secondary N) is 1. The van der Waals surface area contributed by atoms with E-state index in [4.69, 9.17) is 4.98 Å². The first-order chi connectivity index (χ1) is 14.8. The van der Waals surface area contributed by atoms with Crippen molar-refractivity contribution in [1.29, 1.82) is 0 Å². The average molecular weight is 435 g/mol. The van der Waals surface area contributed by atoms with Gasteiger partial charge in [0.25, 0.3) is 0 Å². The number of benzene rings is 2. The van der Waals surface area contributed by atoms with Crippen molar-refractivity contribution in [1.82, 2.24) is 19.3 Å². The number of para-hydroxylation sites is 2. The zero-order valence-corrected chi connectivity index (χ0v) is 18.7. The normalized spacial score (nSPS) is 12.4. The lowest BCUT2D eigenvalue weighted by Crippen LogP contribution is -2.27. The van der Waals surface area contributed by atoms with Gasteiger partial charge in [-0.3, -0.25) is 4.98 Å². The molecule has 0 aliphatic carbocycles. The molecule has 4 aromatic rings. The molecule has 2 aromatic carbocycles. The summed E-state index contributed by atoms with van der Waals surface area (Å²) in [4.78, 5) is 9.09. The van der Waals surface area contributed by atoms with Crippen LogP contribution in [0.25, 0.3) is 22.4 Å². The van der Waals surface area contributed by atoms with Crippen LogP contribution in [0.1, 0.15) is 26.3 Å². The van der Waals surface area contributed by atoms with E-state index in [1.54, 1.807) is 24.5 Å². The van der Waals surface area contributed by atoms with Crippen LogP contribution in [-0.2, 0) is 22.0 Å². The van der Waals surface area contributed by atoms with Crippen molar-refractivity contribution in [3.8, 4) is 11.4 Å². The van der Waals surface area contributed by atoms with Crippen LogP contribution in [0.3, 0.4) is 0 Å². The predicted molar refractivity (Wildman–Crippen MR) is 123 cm³/mol. The third-order valence-corrected chi connectivity index (χ3v) is 6.73. The van der Waals surface area contributed by atoms with Crippen molar-refractivity contribution in [2.24, 2.45) is 0 Å². The topological polar surface area (TPSA) is 76.9 Å². The van der Waals surface area contributed by atoms with Gasteiger partial charge < -0.3 is 4.57 Å². The molecule has 0 saturated carbocycles. The summed E-state index contributed by atoms with van der Waals surface area (Å²) < 4.78 is 30.4. The average Bonchev–Trinajstić information content (AvgIpc) is 3.12. The molecule has 0 fully saturated rings. The smallest absolute Gasteiger partial charge is 0.240 e. The van der Waals surface area contributed by atoms with Crippen LogP contribution in [0.15, 0.2) is 78.0 Å². The van der Waals surface area contributed by atoms with Crippen molar-refractivity contribution in [2.45, 2.75) is 37.6 Å². The third-order valence-electron chi connectivity index (χ3n) is 5.25. The molecule has 0 aliphatic rings. The fourth-order valence-electron chi connectivity index (χ4n) is 3.53. The number of imidazole rings is 1. The largest absolute Gasteiger partial charge is 0.323 e. The van der Waals surface area contributed by atoms with Crippen LogP contribution in [0.4, 0.5) is 0 Å². The van der Waals surface area contributed by atoms with Crippen molar-refractivity contribution in [3.63, 3.8) is 0 Å². The van der Waals surface area contributed by atoms with E-state index in [-0.39, 0.29) is 16.9 Å². The van der Waals surface area contributed by atoms with E-state index in [9.17, 15) is 8.42 Å². The molecule has 0 radical (unpaired) electrons. The summed E-state index contributed by atoms with van der Waals surface area (Å²) in [5.74, 6) is 0.789. The van der Waals surface area contributed by atoms with Gasteiger partial charge in [0.15, 0.2) is 0 Å². The molecule has 0 atom stereocenters. The maximum Gasteiger partial charge on any atom is 0.240 e. The number of pyridine rings is 1. The lowest BCUT2D eigenvalue weighted by Gasteiger charge is -2.19. The highest BCUT2D eigenvalue weighted by atomic mass is 32.2. The summed E-state index contributed by atoms with van der Waals surface area (Å²) in [6.07, 6.45) is 3.45. The Bertz CT molecular complexity index is 1290. The summed E-state index contributed by atoms with van der Waals surface area (Å²) in [5, 5.41) is 0. The van der Waals surface area contributed by atoms with Crippen LogP contribution in [0.5, 0.6) is 0 Å². The minimum atomic E-state index is -3.60. The maximum absolute atomic E-state index is 12.8. The molecule has 4 rings (SSSR count). The van der Waals surface area contributed by atoms with Crippen molar-refractivity contribution in [3.05, 3.63) is 78.6 Å². The van der Waals surface area contributed by atoms with Crippen LogP contribution in [0.2, 0.25) is 0 Å². The highest BCUT2D eigenvalue weighted by Crippen LogP contribution is 2.25. The van der Waals surface area contributed by atoms with E-state index in [2.05, 4.69) is 30.5 Å².